The van der Waals surface area contributed by atoms with E-state index in [9.17, 15) is 0 Å². The summed E-state index contributed by atoms with van der Waals surface area (Å²) >= 11 is 6.43. The van der Waals surface area contributed by atoms with Crippen molar-refractivity contribution >= 4 is 11.6 Å². The molecule has 0 amide bonds. The summed E-state index contributed by atoms with van der Waals surface area (Å²) < 4.78 is 1.86. The van der Waals surface area contributed by atoms with Crippen LogP contribution in [0.4, 0.5) is 0 Å². The first-order valence-corrected chi connectivity index (χ1v) is 7.40. The fraction of sp³-hybridized carbons (Fsp3) is 0.467. The van der Waals surface area contributed by atoms with Crippen molar-refractivity contribution in [3.8, 4) is 5.69 Å². The van der Waals surface area contributed by atoms with E-state index < -0.39 is 0 Å². The van der Waals surface area contributed by atoms with Gasteiger partial charge in [0.25, 0.3) is 0 Å². The Morgan fingerprint density at radius 3 is 2.60 bits per heavy atom. The average Bonchev–Trinajstić information content (AvgIpc) is 2.89. The molecule has 0 aliphatic heterocycles. The number of halogens is 1. The van der Waals surface area contributed by atoms with Crippen LogP contribution in [0.15, 0.2) is 18.2 Å². The summed E-state index contributed by atoms with van der Waals surface area (Å²) in [6.07, 6.45) is 1.66. The van der Waals surface area contributed by atoms with Crippen molar-refractivity contribution in [3.05, 3.63) is 40.4 Å². The van der Waals surface area contributed by atoms with Gasteiger partial charge in [-0.2, -0.15) is 5.10 Å². The second-order valence-corrected chi connectivity index (χ2v) is 5.19. The van der Waals surface area contributed by atoms with Crippen LogP contribution in [0.3, 0.4) is 0 Å². The highest BCUT2D eigenvalue weighted by molar-refractivity contribution is 6.32. The second-order valence-electron chi connectivity index (χ2n) is 4.78. The molecule has 0 spiro atoms. The van der Waals surface area contributed by atoms with Crippen LogP contribution in [0.5, 0.6) is 0 Å². The van der Waals surface area contributed by atoms with Gasteiger partial charge in [-0.25, -0.2) is 9.67 Å². The van der Waals surface area contributed by atoms with E-state index in [0.717, 1.165) is 35.7 Å². The summed E-state index contributed by atoms with van der Waals surface area (Å²) in [7, 11) is 1.94. The van der Waals surface area contributed by atoms with Gasteiger partial charge in [-0.3, -0.25) is 0 Å². The van der Waals surface area contributed by atoms with Crippen molar-refractivity contribution in [3.63, 3.8) is 0 Å². The van der Waals surface area contributed by atoms with Crippen molar-refractivity contribution in [2.75, 3.05) is 7.05 Å². The molecule has 1 aromatic carbocycles. The van der Waals surface area contributed by atoms with Gasteiger partial charge < -0.3 is 5.32 Å². The van der Waals surface area contributed by atoms with E-state index in [1.54, 1.807) is 0 Å². The number of rotatable bonds is 5. The Bertz CT molecular complexity index is 592. The standard InChI is InChI=1S/C15H21ClN4/c1-5-14-18-15(6-2)20(19-14)13-8-7-11(9-12(13)16)10(3)17-4/h7-10,17H,5-6H2,1-4H3. The normalized spacial score (nSPS) is 12.7. The zero-order chi connectivity index (χ0) is 14.7. The number of hydrogen-bond donors (Lipinski definition) is 1. The molecule has 0 fully saturated rings. The fourth-order valence-corrected chi connectivity index (χ4v) is 2.36. The first kappa shape index (κ1) is 15.0. The lowest BCUT2D eigenvalue weighted by Gasteiger charge is -2.13. The molecule has 0 saturated carbocycles. The largest absolute Gasteiger partial charge is 0.313 e. The van der Waals surface area contributed by atoms with Crippen LogP contribution in [0.25, 0.3) is 5.69 Å². The molecule has 0 saturated heterocycles. The van der Waals surface area contributed by atoms with Gasteiger partial charge in [0.1, 0.15) is 5.82 Å². The number of nitrogens with zero attached hydrogens (tertiary/aromatic N) is 3. The molecule has 20 heavy (non-hydrogen) atoms. The molecule has 0 radical (unpaired) electrons. The Morgan fingerprint density at radius 2 is 2.05 bits per heavy atom. The third-order valence-electron chi connectivity index (χ3n) is 3.48. The van der Waals surface area contributed by atoms with Crippen LogP contribution in [0, 0.1) is 0 Å². The minimum Gasteiger partial charge on any atom is -0.313 e. The minimum absolute atomic E-state index is 0.272. The molecule has 0 aliphatic rings. The van der Waals surface area contributed by atoms with Crippen LogP contribution >= 0.6 is 11.6 Å². The Labute approximate surface area is 125 Å². The predicted octanol–water partition coefficient (Wildman–Crippen LogP) is 3.33. The fourth-order valence-electron chi connectivity index (χ4n) is 2.09. The van der Waals surface area contributed by atoms with Crippen LogP contribution < -0.4 is 5.32 Å². The van der Waals surface area contributed by atoms with Crippen LogP contribution in [-0.2, 0) is 12.8 Å². The van der Waals surface area contributed by atoms with E-state index >= 15 is 0 Å². The van der Waals surface area contributed by atoms with Gasteiger partial charge >= 0.3 is 0 Å². The Kier molecular flexibility index (Phi) is 4.78. The molecule has 0 aliphatic carbocycles. The first-order valence-electron chi connectivity index (χ1n) is 7.02. The summed E-state index contributed by atoms with van der Waals surface area (Å²) in [6, 6.07) is 6.35. The van der Waals surface area contributed by atoms with E-state index in [2.05, 4.69) is 42.2 Å². The lowest BCUT2D eigenvalue weighted by atomic mass is 10.1. The molecule has 1 atom stereocenters. The number of aryl methyl sites for hydroxylation is 2. The zero-order valence-corrected chi connectivity index (χ0v) is 13.2. The van der Waals surface area contributed by atoms with Gasteiger partial charge in [0, 0.05) is 18.9 Å². The molecule has 1 unspecified atom stereocenters. The molecule has 2 rings (SSSR count). The predicted molar refractivity (Wildman–Crippen MR) is 82.6 cm³/mol. The van der Waals surface area contributed by atoms with Gasteiger partial charge in [-0.15, -0.1) is 0 Å². The van der Waals surface area contributed by atoms with E-state index in [1.165, 1.54) is 0 Å². The lowest BCUT2D eigenvalue weighted by Crippen LogP contribution is -2.12. The smallest absolute Gasteiger partial charge is 0.151 e. The Morgan fingerprint density at radius 1 is 1.30 bits per heavy atom. The molecule has 1 heterocycles. The first-order chi connectivity index (χ1) is 9.60. The molecular formula is C15H21ClN4. The molecule has 1 aromatic heterocycles. The zero-order valence-electron chi connectivity index (χ0n) is 12.4. The van der Waals surface area contributed by atoms with Gasteiger partial charge in [-0.1, -0.05) is 31.5 Å². The van der Waals surface area contributed by atoms with E-state index in [1.807, 2.05) is 23.9 Å². The molecule has 5 heteroatoms. The molecule has 0 bridgehead atoms. The maximum atomic E-state index is 6.43. The number of aromatic nitrogens is 3. The van der Waals surface area contributed by atoms with Crippen LogP contribution in [-0.4, -0.2) is 21.8 Å². The highest BCUT2D eigenvalue weighted by atomic mass is 35.5. The van der Waals surface area contributed by atoms with Crippen LogP contribution in [0.1, 0.15) is 44.0 Å². The van der Waals surface area contributed by atoms with Gasteiger partial charge in [0.2, 0.25) is 0 Å². The van der Waals surface area contributed by atoms with Crippen molar-refractivity contribution in [2.45, 2.75) is 39.7 Å². The van der Waals surface area contributed by atoms with Gasteiger partial charge in [0.05, 0.1) is 10.7 Å². The summed E-state index contributed by atoms with van der Waals surface area (Å²) in [5, 5.41) is 8.44. The van der Waals surface area contributed by atoms with Crippen molar-refractivity contribution < 1.29 is 0 Å². The summed E-state index contributed by atoms with van der Waals surface area (Å²) in [5.41, 5.74) is 2.05. The summed E-state index contributed by atoms with van der Waals surface area (Å²) in [4.78, 5) is 4.52. The molecule has 4 nitrogen and oxygen atoms in total. The molecule has 2 aromatic rings. The van der Waals surface area contributed by atoms with Crippen molar-refractivity contribution in [1.82, 2.24) is 20.1 Å². The maximum absolute atomic E-state index is 6.43. The molecule has 1 N–H and O–H groups in total. The molecular weight excluding hydrogens is 272 g/mol. The van der Waals surface area contributed by atoms with E-state index in [0.29, 0.717) is 5.02 Å². The number of hydrogen-bond acceptors (Lipinski definition) is 3. The van der Waals surface area contributed by atoms with E-state index in [-0.39, 0.29) is 6.04 Å². The average molecular weight is 293 g/mol. The number of nitrogens with one attached hydrogen (secondary N) is 1. The number of benzene rings is 1. The third kappa shape index (κ3) is 2.86. The summed E-state index contributed by atoms with van der Waals surface area (Å²) in [6.45, 7) is 6.23. The lowest BCUT2D eigenvalue weighted by molar-refractivity contribution is 0.652. The van der Waals surface area contributed by atoms with E-state index in [4.69, 9.17) is 11.6 Å². The molecule has 108 valence electrons. The SMILES string of the molecule is CCc1nc(CC)n(-c2ccc(C(C)NC)cc2Cl)n1. The van der Waals surface area contributed by atoms with Crippen molar-refractivity contribution in [1.29, 1.82) is 0 Å². The maximum Gasteiger partial charge on any atom is 0.151 e. The van der Waals surface area contributed by atoms with Crippen LogP contribution in [0.2, 0.25) is 5.02 Å². The Balaban J connectivity index is 2.45. The monoisotopic (exact) mass is 292 g/mol. The minimum atomic E-state index is 0.272. The highest BCUT2D eigenvalue weighted by Gasteiger charge is 2.13. The Hall–Kier alpha value is -1.39. The quantitative estimate of drug-likeness (QED) is 0.919. The van der Waals surface area contributed by atoms with Gasteiger partial charge in [-0.05, 0) is 31.7 Å². The van der Waals surface area contributed by atoms with Crippen molar-refractivity contribution in [2.24, 2.45) is 0 Å². The third-order valence-corrected chi connectivity index (χ3v) is 3.79. The topological polar surface area (TPSA) is 42.7 Å². The summed E-state index contributed by atoms with van der Waals surface area (Å²) in [5.74, 6) is 1.80. The van der Waals surface area contributed by atoms with Gasteiger partial charge in [0.15, 0.2) is 5.82 Å². The second kappa shape index (κ2) is 6.37. The highest BCUT2D eigenvalue weighted by Crippen LogP contribution is 2.25.